The third kappa shape index (κ3) is 1.36. The van der Waals surface area contributed by atoms with Crippen LogP contribution in [0.25, 0.3) is 0 Å². The van der Waals surface area contributed by atoms with Crippen molar-refractivity contribution in [3.05, 3.63) is 12.3 Å². The predicted octanol–water partition coefficient (Wildman–Crippen LogP) is 0.826. The van der Waals surface area contributed by atoms with Crippen LogP contribution in [0.1, 0.15) is 13.3 Å². The molecular formula is C9H12O4. The highest BCUT2D eigenvalue weighted by Crippen LogP contribution is 2.37. The van der Waals surface area contributed by atoms with Crippen LogP contribution in [-0.4, -0.2) is 25.0 Å². The number of hydrogen-bond donors (Lipinski definition) is 0. The van der Waals surface area contributed by atoms with Gasteiger partial charge in [-0.2, -0.15) is 0 Å². The summed E-state index contributed by atoms with van der Waals surface area (Å²) in [4.78, 5) is 11.3. The number of carbonyl (C=O) groups is 1. The summed E-state index contributed by atoms with van der Waals surface area (Å²) in [6, 6.07) is 0. The maximum absolute atomic E-state index is 11.3. The monoisotopic (exact) mass is 184 g/mol. The van der Waals surface area contributed by atoms with Gasteiger partial charge in [0.2, 0.25) is 0 Å². The minimum atomic E-state index is -0.809. The largest absolute Gasteiger partial charge is 0.431 e. The molecule has 0 aliphatic carbocycles. The minimum Gasteiger partial charge on any atom is -0.431 e. The Morgan fingerprint density at radius 3 is 2.54 bits per heavy atom. The Hall–Kier alpha value is -0.870. The van der Waals surface area contributed by atoms with E-state index in [2.05, 4.69) is 6.58 Å². The quantitative estimate of drug-likeness (QED) is 0.566. The first-order valence-corrected chi connectivity index (χ1v) is 4.29. The summed E-state index contributed by atoms with van der Waals surface area (Å²) in [7, 11) is 0. The van der Waals surface area contributed by atoms with Gasteiger partial charge in [0.15, 0.2) is 5.79 Å². The molecule has 0 radical (unpaired) electrons. The van der Waals surface area contributed by atoms with Crippen molar-refractivity contribution in [1.82, 2.24) is 0 Å². The summed E-state index contributed by atoms with van der Waals surface area (Å²) in [5, 5.41) is 0. The van der Waals surface area contributed by atoms with Gasteiger partial charge in [-0.05, 0) is 6.92 Å². The summed E-state index contributed by atoms with van der Waals surface area (Å²) in [5.41, 5.74) is 0. The molecule has 1 atom stereocenters. The molecule has 13 heavy (non-hydrogen) atoms. The standard InChI is InChI=1S/C9H12O4/c1-6-5-7(8(10)13-6)9(2)11-3-4-12-9/h7H,1,3-5H2,2H3. The van der Waals surface area contributed by atoms with Crippen molar-refractivity contribution in [2.24, 2.45) is 5.92 Å². The van der Waals surface area contributed by atoms with Gasteiger partial charge in [0.05, 0.1) is 13.2 Å². The van der Waals surface area contributed by atoms with Crippen molar-refractivity contribution in [3.63, 3.8) is 0 Å². The van der Waals surface area contributed by atoms with Crippen LogP contribution in [0.3, 0.4) is 0 Å². The Kier molecular flexibility index (Phi) is 1.89. The van der Waals surface area contributed by atoms with Crippen LogP contribution in [0.2, 0.25) is 0 Å². The Morgan fingerprint density at radius 2 is 2.08 bits per heavy atom. The van der Waals surface area contributed by atoms with E-state index in [1.54, 1.807) is 6.92 Å². The third-order valence-electron chi connectivity index (χ3n) is 2.45. The molecule has 0 spiro atoms. The van der Waals surface area contributed by atoms with Crippen molar-refractivity contribution in [3.8, 4) is 0 Å². The summed E-state index contributed by atoms with van der Waals surface area (Å²) in [6.45, 7) is 6.44. The van der Waals surface area contributed by atoms with Crippen LogP contribution in [-0.2, 0) is 19.0 Å². The second-order valence-electron chi connectivity index (χ2n) is 3.43. The lowest BCUT2D eigenvalue weighted by Crippen LogP contribution is -2.38. The topological polar surface area (TPSA) is 44.8 Å². The van der Waals surface area contributed by atoms with Gasteiger partial charge in [-0.3, -0.25) is 4.79 Å². The van der Waals surface area contributed by atoms with Crippen molar-refractivity contribution in [2.45, 2.75) is 19.1 Å². The highest BCUT2D eigenvalue weighted by Gasteiger charge is 2.48. The first kappa shape index (κ1) is 8.72. The number of cyclic esters (lactones) is 1. The summed E-state index contributed by atoms with van der Waals surface area (Å²) in [5.74, 6) is -0.969. The van der Waals surface area contributed by atoms with Crippen LogP contribution in [0.5, 0.6) is 0 Å². The van der Waals surface area contributed by atoms with E-state index in [-0.39, 0.29) is 11.9 Å². The molecule has 2 heterocycles. The summed E-state index contributed by atoms with van der Waals surface area (Å²) in [6.07, 6.45) is 0.495. The van der Waals surface area contributed by atoms with E-state index in [1.807, 2.05) is 0 Å². The van der Waals surface area contributed by atoms with Gasteiger partial charge in [-0.25, -0.2) is 0 Å². The number of carbonyl (C=O) groups excluding carboxylic acids is 1. The molecule has 72 valence electrons. The molecule has 0 bridgehead atoms. The number of ether oxygens (including phenoxy) is 3. The molecule has 2 saturated heterocycles. The van der Waals surface area contributed by atoms with Crippen LogP contribution in [0.15, 0.2) is 12.3 Å². The molecule has 0 aromatic heterocycles. The smallest absolute Gasteiger partial charge is 0.319 e. The number of esters is 1. The van der Waals surface area contributed by atoms with E-state index >= 15 is 0 Å². The lowest BCUT2D eigenvalue weighted by molar-refractivity contribution is -0.189. The van der Waals surface area contributed by atoms with E-state index in [1.165, 1.54) is 0 Å². The third-order valence-corrected chi connectivity index (χ3v) is 2.45. The molecule has 2 aliphatic rings. The maximum atomic E-state index is 11.3. The molecule has 4 heteroatoms. The van der Waals surface area contributed by atoms with Crippen molar-refractivity contribution < 1.29 is 19.0 Å². The highest BCUT2D eigenvalue weighted by molar-refractivity contribution is 5.77. The first-order valence-electron chi connectivity index (χ1n) is 4.29. The fraction of sp³-hybridized carbons (Fsp3) is 0.667. The van der Waals surface area contributed by atoms with Crippen LogP contribution in [0.4, 0.5) is 0 Å². The predicted molar refractivity (Wildman–Crippen MR) is 43.6 cm³/mol. The van der Waals surface area contributed by atoms with Crippen LogP contribution < -0.4 is 0 Å². The Labute approximate surface area is 76.5 Å². The molecule has 0 aromatic rings. The second-order valence-corrected chi connectivity index (χ2v) is 3.43. The molecule has 0 N–H and O–H groups in total. The normalized spacial score (nSPS) is 32.2. The Morgan fingerprint density at radius 1 is 1.46 bits per heavy atom. The van der Waals surface area contributed by atoms with Crippen molar-refractivity contribution in [1.29, 1.82) is 0 Å². The fourth-order valence-corrected chi connectivity index (χ4v) is 1.70. The molecule has 2 aliphatic heterocycles. The first-order chi connectivity index (χ1) is 6.12. The van der Waals surface area contributed by atoms with E-state index in [0.29, 0.717) is 25.4 Å². The zero-order valence-electron chi connectivity index (χ0n) is 7.54. The van der Waals surface area contributed by atoms with Crippen molar-refractivity contribution >= 4 is 5.97 Å². The number of allylic oxidation sites excluding steroid dienone is 1. The Bertz CT molecular complexity index is 252. The molecule has 2 fully saturated rings. The molecule has 0 aromatic carbocycles. The van der Waals surface area contributed by atoms with Crippen LogP contribution >= 0.6 is 0 Å². The molecule has 4 nitrogen and oxygen atoms in total. The van der Waals surface area contributed by atoms with E-state index in [9.17, 15) is 4.79 Å². The van der Waals surface area contributed by atoms with Gasteiger partial charge in [0.1, 0.15) is 11.7 Å². The average Bonchev–Trinajstić information content (AvgIpc) is 2.59. The zero-order chi connectivity index (χ0) is 9.47. The van der Waals surface area contributed by atoms with Crippen molar-refractivity contribution in [2.75, 3.05) is 13.2 Å². The molecule has 0 amide bonds. The molecule has 2 rings (SSSR count). The van der Waals surface area contributed by atoms with Gasteiger partial charge in [0.25, 0.3) is 0 Å². The summed E-state index contributed by atoms with van der Waals surface area (Å²) < 4.78 is 15.6. The summed E-state index contributed by atoms with van der Waals surface area (Å²) >= 11 is 0. The lowest BCUT2D eigenvalue weighted by atomic mass is 9.98. The molecular weight excluding hydrogens is 172 g/mol. The molecule has 1 unspecified atom stereocenters. The fourth-order valence-electron chi connectivity index (χ4n) is 1.70. The second kappa shape index (κ2) is 2.82. The van der Waals surface area contributed by atoms with Crippen LogP contribution in [0, 0.1) is 5.92 Å². The maximum Gasteiger partial charge on any atom is 0.319 e. The highest BCUT2D eigenvalue weighted by atomic mass is 16.7. The SMILES string of the molecule is C=C1CC(C2(C)OCCO2)C(=O)O1. The van der Waals surface area contributed by atoms with Gasteiger partial charge in [-0.15, -0.1) is 0 Å². The average molecular weight is 184 g/mol. The Balaban J connectivity index is 2.16. The van der Waals surface area contributed by atoms with Gasteiger partial charge < -0.3 is 14.2 Å². The zero-order valence-corrected chi connectivity index (χ0v) is 7.54. The van der Waals surface area contributed by atoms with Gasteiger partial charge >= 0.3 is 5.97 Å². The molecule has 0 saturated carbocycles. The van der Waals surface area contributed by atoms with E-state index < -0.39 is 5.79 Å². The van der Waals surface area contributed by atoms with Gasteiger partial charge in [-0.1, -0.05) is 6.58 Å². The minimum absolute atomic E-state index is 0.297. The number of rotatable bonds is 1. The van der Waals surface area contributed by atoms with Gasteiger partial charge in [0, 0.05) is 6.42 Å². The van der Waals surface area contributed by atoms with E-state index in [0.717, 1.165) is 0 Å². The number of hydrogen-bond acceptors (Lipinski definition) is 4. The lowest BCUT2D eigenvalue weighted by Gasteiger charge is -2.25. The van der Waals surface area contributed by atoms with E-state index in [4.69, 9.17) is 14.2 Å².